The minimum Gasteiger partial charge on any atom is -0.333 e. The second-order valence-electron chi connectivity index (χ2n) is 4.84. The van der Waals surface area contributed by atoms with Gasteiger partial charge in [0.25, 0.3) is 0 Å². The van der Waals surface area contributed by atoms with E-state index in [1.54, 1.807) is 0 Å². The largest absolute Gasteiger partial charge is 0.333 e. The third-order valence-corrected chi connectivity index (χ3v) is 3.32. The molecule has 86 valence electrons. The molecule has 0 aromatic carbocycles. The highest BCUT2D eigenvalue weighted by Crippen LogP contribution is 2.26. The molecule has 0 bridgehead atoms. The van der Waals surface area contributed by atoms with E-state index < -0.39 is 0 Å². The molecule has 1 N–H and O–H groups in total. The third-order valence-electron chi connectivity index (χ3n) is 3.32. The summed E-state index contributed by atoms with van der Waals surface area (Å²) in [6.07, 6.45) is 4.78. The lowest BCUT2D eigenvalue weighted by Gasteiger charge is -2.37. The number of hydrogen-bond acceptors (Lipinski definition) is 2. The normalized spacial score (nSPS) is 25.8. The molecule has 1 unspecified atom stereocenters. The van der Waals surface area contributed by atoms with Crippen LogP contribution in [0.5, 0.6) is 0 Å². The molecule has 0 aromatic heterocycles. The average molecular weight is 210 g/mol. The highest BCUT2D eigenvalue weighted by atomic mass is 16.2. The fraction of sp³-hybridized carbons (Fsp3) is 0.750. The zero-order valence-electron chi connectivity index (χ0n) is 10.0. The minimum absolute atomic E-state index is 0.0437. The van der Waals surface area contributed by atoms with Gasteiger partial charge in [0.1, 0.15) is 0 Å². The Kier molecular flexibility index (Phi) is 3.91. The van der Waals surface area contributed by atoms with Crippen molar-refractivity contribution >= 4 is 5.91 Å². The van der Waals surface area contributed by atoms with Crippen LogP contribution in [0, 0.1) is 0 Å². The Morgan fingerprint density at radius 1 is 1.60 bits per heavy atom. The second kappa shape index (κ2) is 4.79. The number of likely N-dealkylation sites (N-methyl/N-ethyl adjacent to an activating group) is 1. The number of rotatable bonds is 2. The Morgan fingerprint density at radius 3 is 2.80 bits per heavy atom. The van der Waals surface area contributed by atoms with Gasteiger partial charge >= 0.3 is 0 Å². The molecule has 3 nitrogen and oxygen atoms in total. The molecule has 1 amide bonds. The standard InChI is InChI=1S/C12H22N2O/c1-5-11(15)14-9-10(13-4)7-6-8-12(14,2)3/h5,10,13H,1,6-9H2,2-4H3. The summed E-state index contributed by atoms with van der Waals surface area (Å²) in [4.78, 5) is 13.7. The summed E-state index contributed by atoms with van der Waals surface area (Å²) < 4.78 is 0. The Morgan fingerprint density at radius 2 is 2.27 bits per heavy atom. The first-order chi connectivity index (χ1) is 7.01. The molecule has 1 aliphatic rings. The van der Waals surface area contributed by atoms with E-state index in [9.17, 15) is 4.79 Å². The van der Waals surface area contributed by atoms with Crippen molar-refractivity contribution in [3.8, 4) is 0 Å². The van der Waals surface area contributed by atoms with Crippen LogP contribution in [0.2, 0.25) is 0 Å². The van der Waals surface area contributed by atoms with E-state index in [4.69, 9.17) is 0 Å². The lowest BCUT2D eigenvalue weighted by molar-refractivity contribution is -0.131. The highest BCUT2D eigenvalue weighted by Gasteiger charge is 2.33. The number of carbonyl (C=O) groups is 1. The molecular weight excluding hydrogens is 188 g/mol. The number of nitrogens with zero attached hydrogens (tertiary/aromatic N) is 1. The van der Waals surface area contributed by atoms with Crippen molar-refractivity contribution in [3.63, 3.8) is 0 Å². The molecule has 0 aliphatic carbocycles. The van der Waals surface area contributed by atoms with Gasteiger partial charge in [-0.1, -0.05) is 6.58 Å². The van der Waals surface area contributed by atoms with Crippen LogP contribution in [-0.4, -0.2) is 36.0 Å². The zero-order chi connectivity index (χ0) is 11.5. The smallest absolute Gasteiger partial charge is 0.246 e. The average Bonchev–Trinajstić information content (AvgIpc) is 2.35. The topological polar surface area (TPSA) is 32.3 Å². The summed E-state index contributed by atoms with van der Waals surface area (Å²) in [5.41, 5.74) is -0.0448. The van der Waals surface area contributed by atoms with Gasteiger partial charge < -0.3 is 10.2 Å². The molecule has 0 saturated carbocycles. The lowest BCUT2D eigenvalue weighted by atomic mass is 9.97. The van der Waals surface area contributed by atoms with Gasteiger partial charge in [0.05, 0.1) is 0 Å². The molecule has 1 saturated heterocycles. The Hall–Kier alpha value is -0.830. The molecule has 3 heteroatoms. The van der Waals surface area contributed by atoms with Crippen LogP contribution < -0.4 is 5.32 Å². The summed E-state index contributed by atoms with van der Waals surface area (Å²) in [6, 6.07) is 0.413. The maximum absolute atomic E-state index is 11.8. The Bertz CT molecular complexity index is 248. The van der Waals surface area contributed by atoms with Gasteiger partial charge in [-0.25, -0.2) is 0 Å². The molecule has 1 fully saturated rings. The third kappa shape index (κ3) is 2.81. The van der Waals surface area contributed by atoms with E-state index in [0.29, 0.717) is 6.04 Å². The lowest BCUT2D eigenvalue weighted by Crippen LogP contribution is -2.50. The van der Waals surface area contributed by atoms with Crippen molar-refractivity contribution in [2.24, 2.45) is 0 Å². The molecule has 0 spiro atoms. The van der Waals surface area contributed by atoms with E-state index >= 15 is 0 Å². The van der Waals surface area contributed by atoms with E-state index in [1.165, 1.54) is 12.5 Å². The number of nitrogens with one attached hydrogen (secondary N) is 1. The monoisotopic (exact) mass is 210 g/mol. The number of carbonyl (C=O) groups excluding carboxylic acids is 1. The maximum Gasteiger partial charge on any atom is 0.246 e. The summed E-state index contributed by atoms with van der Waals surface area (Å²) in [6.45, 7) is 8.62. The molecule has 1 rings (SSSR count). The van der Waals surface area contributed by atoms with E-state index in [1.807, 2.05) is 11.9 Å². The molecule has 1 heterocycles. The summed E-state index contributed by atoms with van der Waals surface area (Å²) >= 11 is 0. The Labute approximate surface area is 92.5 Å². The van der Waals surface area contributed by atoms with Gasteiger partial charge in [-0.2, -0.15) is 0 Å². The van der Waals surface area contributed by atoms with Crippen LogP contribution in [-0.2, 0) is 4.79 Å². The summed E-state index contributed by atoms with van der Waals surface area (Å²) in [5, 5.41) is 3.26. The van der Waals surface area contributed by atoms with Crippen molar-refractivity contribution < 1.29 is 4.79 Å². The van der Waals surface area contributed by atoms with E-state index in [-0.39, 0.29) is 11.4 Å². The van der Waals surface area contributed by atoms with Crippen molar-refractivity contribution in [3.05, 3.63) is 12.7 Å². The van der Waals surface area contributed by atoms with Gasteiger partial charge in [0.15, 0.2) is 0 Å². The summed E-state index contributed by atoms with van der Waals surface area (Å²) in [7, 11) is 1.96. The Balaban J connectivity index is 2.84. The quantitative estimate of drug-likeness (QED) is 0.701. The first kappa shape index (κ1) is 12.2. The first-order valence-corrected chi connectivity index (χ1v) is 5.62. The van der Waals surface area contributed by atoms with Gasteiger partial charge in [0, 0.05) is 18.1 Å². The van der Waals surface area contributed by atoms with E-state index in [2.05, 4.69) is 25.7 Å². The predicted molar refractivity (Wildman–Crippen MR) is 62.7 cm³/mol. The second-order valence-corrected chi connectivity index (χ2v) is 4.84. The van der Waals surface area contributed by atoms with Crippen molar-refractivity contribution in [2.75, 3.05) is 13.6 Å². The van der Waals surface area contributed by atoms with Crippen LogP contribution in [0.1, 0.15) is 33.1 Å². The molecule has 1 atom stereocenters. The van der Waals surface area contributed by atoms with Crippen LogP contribution in [0.3, 0.4) is 0 Å². The maximum atomic E-state index is 11.8. The molecular formula is C12H22N2O. The molecule has 0 aromatic rings. The first-order valence-electron chi connectivity index (χ1n) is 5.62. The van der Waals surface area contributed by atoms with Gasteiger partial charge in [-0.05, 0) is 46.2 Å². The highest BCUT2D eigenvalue weighted by molar-refractivity contribution is 5.87. The van der Waals surface area contributed by atoms with Crippen LogP contribution >= 0.6 is 0 Å². The van der Waals surface area contributed by atoms with Crippen molar-refractivity contribution in [1.82, 2.24) is 10.2 Å². The van der Waals surface area contributed by atoms with Crippen molar-refractivity contribution in [1.29, 1.82) is 0 Å². The van der Waals surface area contributed by atoms with E-state index in [0.717, 1.165) is 19.4 Å². The number of amides is 1. The summed E-state index contributed by atoms with van der Waals surface area (Å²) in [5.74, 6) is 0.0437. The molecule has 1 aliphatic heterocycles. The SMILES string of the molecule is C=CC(=O)N1CC(NC)CCCC1(C)C. The zero-order valence-corrected chi connectivity index (χ0v) is 10.0. The van der Waals surface area contributed by atoms with Gasteiger partial charge in [-0.15, -0.1) is 0 Å². The van der Waals surface area contributed by atoms with Gasteiger partial charge in [-0.3, -0.25) is 4.79 Å². The van der Waals surface area contributed by atoms with Gasteiger partial charge in [0.2, 0.25) is 5.91 Å². The predicted octanol–water partition coefficient (Wildman–Crippen LogP) is 1.55. The van der Waals surface area contributed by atoms with Crippen LogP contribution in [0.25, 0.3) is 0 Å². The van der Waals surface area contributed by atoms with Crippen LogP contribution in [0.15, 0.2) is 12.7 Å². The number of likely N-dealkylation sites (tertiary alicyclic amines) is 1. The molecule has 15 heavy (non-hydrogen) atoms. The fourth-order valence-corrected chi connectivity index (χ4v) is 2.21. The van der Waals surface area contributed by atoms with Crippen molar-refractivity contribution in [2.45, 2.75) is 44.7 Å². The van der Waals surface area contributed by atoms with Crippen LogP contribution in [0.4, 0.5) is 0 Å². The fourth-order valence-electron chi connectivity index (χ4n) is 2.21. The number of hydrogen-bond donors (Lipinski definition) is 1. The minimum atomic E-state index is -0.0448. The molecule has 0 radical (unpaired) electrons.